The van der Waals surface area contributed by atoms with Crippen molar-refractivity contribution in [1.82, 2.24) is 0 Å². The van der Waals surface area contributed by atoms with Gasteiger partial charge in [-0.2, -0.15) is 0 Å². The molecule has 0 aromatic carbocycles. The Balaban J connectivity index is -0.00000000300. The number of allylic oxidation sites excluding steroid dienone is 2. The predicted molar refractivity (Wildman–Crippen MR) is 50.3 cm³/mol. The van der Waals surface area contributed by atoms with Gasteiger partial charge in [-0.1, -0.05) is 34.4 Å². The van der Waals surface area contributed by atoms with Crippen LogP contribution in [0.1, 0.15) is 36.1 Å². The van der Waals surface area contributed by atoms with Gasteiger partial charge in [-0.25, -0.2) is 0 Å². The van der Waals surface area contributed by atoms with E-state index in [4.69, 9.17) is 0 Å². The van der Waals surface area contributed by atoms with E-state index in [9.17, 15) is 0 Å². The fourth-order valence-electron chi connectivity index (χ4n) is 0. The molecule has 0 aromatic heterocycles. The van der Waals surface area contributed by atoms with Crippen LogP contribution in [0, 0.1) is 0 Å². The average molecular weight is 178 g/mol. The Hall–Kier alpha value is 0.920. The monoisotopic (exact) mass is 178 g/mol. The van der Waals surface area contributed by atoms with Gasteiger partial charge in [-0.05, 0) is 13.8 Å². The molecule has 0 rings (SSSR count). The molecule has 0 radical (unpaired) electrons. The van der Waals surface area contributed by atoms with Crippen LogP contribution in [0.25, 0.3) is 0 Å². The van der Waals surface area contributed by atoms with Gasteiger partial charge in [0.15, 0.2) is 0 Å². The van der Waals surface area contributed by atoms with Gasteiger partial charge in [0.05, 0.1) is 0 Å². The average Bonchev–Trinajstić information content (AvgIpc) is 1.37. The third-order valence-electron chi connectivity index (χ3n) is 0.333. The van der Waals surface area contributed by atoms with Gasteiger partial charge >= 0.3 is 37.7 Å². The Morgan fingerprint density at radius 1 is 0.700 bits per heavy atom. The third kappa shape index (κ3) is 152. The van der Waals surface area contributed by atoms with Crippen molar-refractivity contribution in [1.29, 1.82) is 0 Å². The summed E-state index contributed by atoms with van der Waals surface area (Å²) in [4.78, 5) is 0. The summed E-state index contributed by atoms with van der Waals surface area (Å²) in [6, 6.07) is 0. The van der Waals surface area contributed by atoms with Gasteiger partial charge in [-0.15, -0.1) is 0 Å². The zero-order valence-corrected chi connectivity index (χ0v) is 6.96. The van der Waals surface area contributed by atoms with Crippen molar-refractivity contribution in [3.8, 4) is 0 Å². The first kappa shape index (κ1) is 69.9. The van der Waals surface area contributed by atoms with Crippen molar-refractivity contribution in [2.75, 3.05) is 0 Å². The van der Waals surface area contributed by atoms with E-state index in [1.54, 1.807) is 0 Å². The molecule has 0 aliphatic heterocycles. The Morgan fingerprint density at radius 3 is 0.800 bits per heavy atom. The molecule has 0 saturated heterocycles. The molecule has 0 saturated carbocycles. The minimum atomic E-state index is 0. The first-order valence-electron chi connectivity index (χ1n) is 1.49. The standard InChI is InChI=1S/C4H8.3CH4.Ca.2H2O/c1-3-4-2;;;;;;/h3-4H,1-2H3;3*1H4;;2*1H2/q;;;;+2;;/p-2. The van der Waals surface area contributed by atoms with Crippen molar-refractivity contribution in [2.45, 2.75) is 36.1 Å². The first-order valence-corrected chi connectivity index (χ1v) is 1.49. The minimum Gasteiger partial charge on any atom is -0.870 e. The fraction of sp³-hybridized carbons (Fsp3) is 0.714. The summed E-state index contributed by atoms with van der Waals surface area (Å²) in [6.07, 6.45) is 4.00. The van der Waals surface area contributed by atoms with Gasteiger partial charge in [0, 0.05) is 0 Å². The van der Waals surface area contributed by atoms with Gasteiger partial charge in [-0.3, -0.25) is 0 Å². The predicted octanol–water partition coefficient (Wildman–Crippen LogP) is 2.76. The molecule has 3 heteroatoms. The minimum absolute atomic E-state index is 0. The molecule has 0 aromatic rings. The van der Waals surface area contributed by atoms with Crippen LogP contribution in [-0.2, 0) is 0 Å². The molecular weight excluding hydrogens is 156 g/mol. The summed E-state index contributed by atoms with van der Waals surface area (Å²) in [5.74, 6) is 0. The van der Waals surface area contributed by atoms with Crippen LogP contribution in [-0.4, -0.2) is 48.7 Å². The summed E-state index contributed by atoms with van der Waals surface area (Å²) >= 11 is 0. The van der Waals surface area contributed by atoms with Crippen LogP contribution in [0.3, 0.4) is 0 Å². The summed E-state index contributed by atoms with van der Waals surface area (Å²) in [5.41, 5.74) is 0. The Labute approximate surface area is 96.3 Å². The molecule has 0 atom stereocenters. The second-order valence-electron chi connectivity index (χ2n) is 0.667. The maximum absolute atomic E-state index is 2.00. The van der Waals surface area contributed by atoms with E-state index < -0.39 is 0 Å². The second-order valence-corrected chi connectivity index (χ2v) is 0.667. The summed E-state index contributed by atoms with van der Waals surface area (Å²) in [5, 5.41) is 0. The molecule has 2 N–H and O–H groups in total. The quantitative estimate of drug-likeness (QED) is 0.423. The second kappa shape index (κ2) is 92.6. The van der Waals surface area contributed by atoms with Crippen LogP contribution >= 0.6 is 0 Å². The van der Waals surface area contributed by atoms with E-state index in [1.807, 2.05) is 26.0 Å². The van der Waals surface area contributed by atoms with Crippen LogP contribution in [0.4, 0.5) is 0 Å². The topological polar surface area (TPSA) is 60.0 Å². The van der Waals surface area contributed by atoms with Crippen LogP contribution in [0.15, 0.2) is 12.2 Å². The molecule has 0 bridgehead atoms. The largest absolute Gasteiger partial charge is 2.00 e. The Kier molecular flexibility index (Phi) is 647. The molecule has 0 spiro atoms. The third-order valence-corrected chi connectivity index (χ3v) is 0.333. The number of rotatable bonds is 0. The van der Waals surface area contributed by atoms with Crippen molar-refractivity contribution in [3.63, 3.8) is 0 Å². The SMILES string of the molecule is C.C.C.CC=CC.[Ca+2].[OH-].[OH-]. The van der Waals surface area contributed by atoms with E-state index in [0.717, 1.165) is 0 Å². The number of hydrogen-bond acceptors (Lipinski definition) is 2. The molecule has 0 aliphatic carbocycles. The zero-order valence-electron chi connectivity index (χ0n) is 4.76. The van der Waals surface area contributed by atoms with E-state index in [0.29, 0.717) is 0 Å². The first-order chi connectivity index (χ1) is 1.91. The summed E-state index contributed by atoms with van der Waals surface area (Å²) < 4.78 is 0. The van der Waals surface area contributed by atoms with Crippen molar-refractivity contribution in [3.05, 3.63) is 12.2 Å². The van der Waals surface area contributed by atoms with E-state index >= 15 is 0 Å². The van der Waals surface area contributed by atoms with Crippen LogP contribution < -0.4 is 0 Å². The molecule has 0 heterocycles. The van der Waals surface area contributed by atoms with Gasteiger partial charge < -0.3 is 11.0 Å². The Morgan fingerprint density at radius 2 is 0.800 bits per heavy atom. The van der Waals surface area contributed by atoms with Crippen LogP contribution in [0.2, 0.25) is 0 Å². The number of hydrogen-bond donors (Lipinski definition) is 0. The van der Waals surface area contributed by atoms with Crippen molar-refractivity contribution >= 4 is 37.7 Å². The normalized spacial score (nSPS) is 3.80. The van der Waals surface area contributed by atoms with Crippen LogP contribution in [0.5, 0.6) is 0 Å². The molecular formula is C7H22CaO2. The maximum Gasteiger partial charge on any atom is 2.00 e. The smallest absolute Gasteiger partial charge is 0.870 e. The zero-order chi connectivity index (χ0) is 3.41. The van der Waals surface area contributed by atoms with E-state index in [2.05, 4.69) is 0 Å². The molecule has 0 unspecified atom stereocenters. The molecule has 0 amide bonds. The molecule has 0 fully saturated rings. The van der Waals surface area contributed by atoms with Gasteiger partial charge in [0.25, 0.3) is 0 Å². The Bertz CT molecular complexity index is 26.8. The summed E-state index contributed by atoms with van der Waals surface area (Å²) in [6.45, 7) is 4.00. The fourth-order valence-corrected chi connectivity index (χ4v) is 0. The molecule has 64 valence electrons. The van der Waals surface area contributed by atoms with Gasteiger partial charge in [0.2, 0.25) is 0 Å². The van der Waals surface area contributed by atoms with Crippen molar-refractivity contribution in [2.24, 2.45) is 0 Å². The van der Waals surface area contributed by atoms with Crippen molar-refractivity contribution < 1.29 is 11.0 Å². The van der Waals surface area contributed by atoms with E-state index in [-0.39, 0.29) is 71.0 Å². The molecule has 10 heavy (non-hydrogen) atoms. The molecule has 2 nitrogen and oxygen atoms in total. The molecule has 0 aliphatic rings. The van der Waals surface area contributed by atoms with Gasteiger partial charge in [0.1, 0.15) is 0 Å². The van der Waals surface area contributed by atoms with E-state index in [1.165, 1.54) is 0 Å². The maximum atomic E-state index is 2.00. The summed E-state index contributed by atoms with van der Waals surface area (Å²) in [7, 11) is 0.